The Hall–Kier alpha value is -2.19. The molecule has 0 atom stereocenters. The van der Waals surface area contributed by atoms with Gasteiger partial charge in [-0.15, -0.1) is 11.3 Å². The van der Waals surface area contributed by atoms with Crippen LogP contribution in [-0.2, 0) is 12.8 Å². The van der Waals surface area contributed by atoms with E-state index in [-0.39, 0.29) is 0 Å². The molecule has 0 saturated heterocycles. The number of aryl methyl sites for hydroxylation is 4. The van der Waals surface area contributed by atoms with Gasteiger partial charge in [0.05, 0.1) is 0 Å². The highest BCUT2D eigenvalue weighted by molar-refractivity contribution is 7.13. The maximum absolute atomic E-state index is 11.4. The molecule has 0 radical (unpaired) electrons. The fraction of sp³-hybridized carbons (Fsp3) is 0.261. The zero-order valence-corrected chi connectivity index (χ0v) is 16.2. The molecule has 1 aromatic heterocycles. The van der Waals surface area contributed by atoms with Crippen molar-refractivity contribution in [3.8, 4) is 21.6 Å². The first-order valence-corrected chi connectivity index (χ1v) is 9.73. The number of hydrogen-bond donors (Lipinski definition) is 0. The Morgan fingerprint density at radius 2 is 1.60 bits per heavy atom. The Balaban J connectivity index is 2.21. The quantitative estimate of drug-likeness (QED) is 0.473. The molecule has 3 aromatic rings. The van der Waals surface area contributed by atoms with Gasteiger partial charge >= 0.3 is 0 Å². The molecule has 0 N–H and O–H groups in total. The largest absolute Gasteiger partial charge is 0.298 e. The van der Waals surface area contributed by atoms with Crippen molar-refractivity contribution in [2.45, 2.75) is 40.5 Å². The normalized spacial score (nSPS) is 10.9. The summed E-state index contributed by atoms with van der Waals surface area (Å²) in [6, 6.07) is 13.2. The average molecular weight is 349 g/mol. The van der Waals surface area contributed by atoms with Crippen LogP contribution in [0.1, 0.15) is 46.5 Å². The molecular formula is C23H24OS. The second kappa shape index (κ2) is 7.37. The summed E-state index contributed by atoms with van der Waals surface area (Å²) in [6.45, 7) is 8.55. The molecule has 0 aliphatic rings. The van der Waals surface area contributed by atoms with Gasteiger partial charge in [-0.3, -0.25) is 4.79 Å². The molecule has 2 aromatic carbocycles. The highest BCUT2D eigenvalue weighted by Gasteiger charge is 2.14. The average Bonchev–Trinajstić information content (AvgIpc) is 3.14. The molecule has 2 heteroatoms. The summed E-state index contributed by atoms with van der Waals surface area (Å²) >= 11 is 1.78. The van der Waals surface area contributed by atoms with Crippen molar-refractivity contribution in [2.75, 3.05) is 0 Å². The number of rotatable bonds is 5. The van der Waals surface area contributed by atoms with Crippen molar-refractivity contribution in [1.29, 1.82) is 0 Å². The zero-order chi connectivity index (χ0) is 18.0. The molecule has 25 heavy (non-hydrogen) atoms. The van der Waals surface area contributed by atoms with Crippen molar-refractivity contribution in [2.24, 2.45) is 0 Å². The van der Waals surface area contributed by atoms with Gasteiger partial charge in [0.1, 0.15) is 0 Å². The van der Waals surface area contributed by atoms with E-state index >= 15 is 0 Å². The Bertz CT molecular complexity index is 904. The minimum absolute atomic E-state index is 0.845. The molecule has 0 amide bonds. The van der Waals surface area contributed by atoms with Crippen LogP contribution in [0.2, 0.25) is 0 Å². The molecule has 1 nitrogen and oxygen atoms in total. The van der Waals surface area contributed by atoms with Crippen LogP contribution < -0.4 is 0 Å². The second-order valence-corrected chi connectivity index (χ2v) is 7.44. The number of hydrogen-bond acceptors (Lipinski definition) is 2. The molecule has 0 aliphatic heterocycles. The van der Waals surface area contributed by atoms with E-state index in [2.05, 4.69) is 62.5 Å². The van der Waals surface area contributed by atoms with Crippen LogP contribution >= 0.6 is 11.3 Å². The molecule has 0 spiro atoms. The van der Waals surface area contributed by atoms with E-state index in [4.69, 9.17) is 0 Å². The SMILES string of the molecule is CCc1cc(-c2c(C)cc(-c3cccs3)cc2CC)cc(C)c1C=O. The summed E-state index contributed by atoms with van der Waals surface area (Å²) in [5, 5.41) is 2.12. The van der Waals surface area contributed by atoms with Gasteiger partial charge in [0.2, 0.25) is 0 Å². The van der Waals surface area contributed by atoms with E-state index in [1.807, 2.05) is 6.92 Å². The Labute approximate surface area is 154 Å². The predicted molar refractivity (Wildman–Crippen MR) is 109 cm³/mol. The lowest BCUT2D eigenvalue weighted by Gasteiger charge is -2.17. The third kappa shape index (κ3) is 3.32. The molecular weight excluding hydrogens is 324 g/mol. The van der Waals surface area contributed by atoms with E-state index < -0.39 is 0 Å². The van der Waals surface area contributed by atoms with Crippen LogP contribution in [0.4, 0.5) is 0 Å². The number of carbonyl (C=O) groups excluding carboxylic acids is 1. The standard InChI is InChI=1S/C23H24OS/c1-5-17-12-20(10-15(3)21(17)14-24)23-16(4)11-19(13-18(23)6-2)22-8-7-9-25-22/h7-14H,5-6H2,1-4H3. The van der Waals surface area contributed by atoms with Gasteiger partial charge in [-0.1, -0.05) is 32.0 Å². The number of aldehydes is 1. The first kappa shape index (κ1) is 17.6. The summed E-state index contributed by atoms with van der Waals surface area (Å²) < 4.78 is 0. The minimum Gasteiger partial charge on any atom is -0.298 e. The third-order valence-electron chi connectivity index (χ3n) is 4.86. The van der Waals surface area contributed by atoms with Gasteiger partial charge in [0.25, 0.3) is 0 Å². The number of benzene rings is 2. The molecule has 0 fully saturated rings. The number of carbonyl (C=O) groups is 1. The molecule has 0 bridgehead atoms. The predicted octanol–water partition coefficient (Wildman–Crippen LogP) is 6.64. The summed E-state index contributed by atoms with van der Waals surface area (Å²) in [6.07, 6.45) is 2.85. The smallest absolute Gasteiger partial charge is 0.150 e. The number of thiophene rings is 1. The topological polar surface area (TPSA) is 17.1 Å². The Kier molecular flexibility index (Phi) is 5.19. The summed E-state index contributed by atoms with van der Waals surface area (Å²) in [5.74, 6) is 0. The van der Waals surface area contributed by atoms with Crippen LogP contribution in [0.15, 0.2) is 41.8 Å². The first-order chi connectivity index (χ1) is 12.1. The zero-order valence-electron chi connectivity index (χ0n) is 15.3. The highest BCUT2D eigenvalue weighted by atomic mass is 32.1. The van der Waals surface area contributed by atoms with Gasteiger partial charge in [-0.2, -0.15) is 0 Å². The van der Waals surface area contributed by atoms with Crippen molar-refractivity contribution < 1.29 is 4.79 Å². The first-order valence-electron chi connectivity index (χ1n) is 8.85. The maximum atomic E-state index is 11.4. The lowest BCUT2D eigenvalue weighted by Crippen LogP contribution is -1.99. The summed E-state index contributed by atoms with van der Waals surface area (Å²) in [7, 11) is 0. The van der Waals surface area contributed by atoms with Crippen molar-refractivity contribution >= 4 is 17.6 Å². The summed E-state index contributed by atoms with van der Waals surface area (Å²) in [5.41, 5.74) is 9.54. The van der Waals surface area contributed by atoms with Crippen molar-refractivity contribution in [1.82, 2.24) is 0 Å². The van der Waals surface area contributed by atoms with Crippen LogP contribution in [0.3, 0.4) is 0 Å². The van der Waals surface area contributed by atoms with Crippen LogP contribution in [-0.4, -0.2) is 6.29 Å². The third-order valence-corrected chi connectivity index (χ3v) is 5.78. The van der Waals surface area contributed by atoms with Gasteiger partial charge in [0, 0.05) is 10.4 Å². The fourth-order valence-corrected chi connectivity index (χ4v) is 4.33. The Morgan fingerprint density at radius 3 is 2.20 bits per heavy atom. The van der Waals surface area contributed by atoms with Crippen molar-refractivity contribution in [3.63, 3.8) is 0 Å². The van der Waals surface area contributed by atoms with Crippen molar-refractivity contribution in [3.05, 3.63) is 69.6 Å². The second-order valence-electron chi connectivity index (χ2n) is 6.50. The maximum Gasteiger partial charge on any atom is 0.150 e. The molecule has 128 valence electrons. The minimum atomic E-state index is 0.845. The molecule has 0 unspecified atom stereocenters. The summed E-state index contributed by atoms with van der Waals surface area (Å²) in [4.78, 5) is 12.7. The Morgan fingerprint density at radius 1 is 0.920 bits per heavy atom. The van der Waals surface area contributed by atoms with E-state index in [1.54, 1.807) is 11.3 Å². The van der Waals surface area contributed by atoms with Gasteiger partial charge in [0.15, 0.2) is 6.29 Å². The van der Waals surface area contributed by atoms with Crippen LogP contribution in [0.25, 0.3) is 21.6 Å². The van der Waals surface area contributed by atoms with Gasteiger partial charge in [-0.05, 0) is 89.2 Å². The molecule has 1 heterocycles. The van der Waals surface area contributed by atoms with E-state index in [9.17, 15) is 4.79 Å². The molecule has 0 aliphatic carbocycles. The lowest BCUT2D eigenvalue weighted by molar-refractivity contribution is 0.112. The van der Waals surface area contributed by atoms with E-state index in [1.165, 1.54) is 32.7 Å². The lowest BCUT2D eigenvalue weighted by atomic mass is 9.88. The molecule has 3 rings (SSSR count). The highest BCUT2D eigenvalue weighted by Crippen LogP contribution is 2.36. The molecule has 0 saturated carbocycles. The van der Waals surface area contributed by atoms with Crippen LogP contribution in [0.5, 0.6) is 0 Å². The van der Waals surface area contributed by atoms with Gasteiger partial charge in [-0.25, -0.2) is 0 Å². The van der Waals surface area contributed by atoms with E-state index in [0.29, 0.717) is 0 Å². The monoisotopic (exact) mass is 348 g/mol. The van der Waals surface area contributed by atoms with E-state index in [0.717, 1.165) is 35.8 Å². The van der Waals surface area contributed by atoms with Gasteiger partial charge < -0.3 is 0 Å². The fourth-order valence-electron chi connectivity index (χ4n) is 3.61. The van der Waals surface area contributed by atoms with Crippen LogP contribution in [0, 0.1) is 13.8 Å².